The normalized spacial score (nSPS) is 11.7. The van der Waals surface area contributed by atoms with Crippen molar-refractivity contribution in [2.45, 2.75) is 39.5 Å². The molecule has 0 aromatic carbocycles. The van der Waals surface area contributed by atoms with Crippen molar-refractivity contribution in [3.05, 3.63) is 29.6 Å². The highest BCUT2D eigenvalue weighted by Crippen LogP contribution is 2.31. The molecule has 0 bridgehead atoms. The molecule has 1 rings (SSSR count). The zero-order valence-corrected chi connectivity index (χ0v) is 10.8. The van der Waals surface area contributed by atoms with Crippen LogP contribution in [0.25, 0.3) is 0 Å². The quantitative estimate of drug-likeness (QED) is 0.700. The highest BCUT2D eigenvalue weighted by atomic mass is 35.5. The molecule has 0 atom stereocenters. The van der Waals surface area contributed by atoms with Gasteiger partial charge in [-0.15, -0.1) is 11.6 Å². The van der Waals surface area contributed by atoms with Crippen molar-refractivity contribution in [3.8, 4) is 0 Å². The fraction of sp³-hybridized carbons (Fsp3) is 0.615. The van der Waals surface area contributed by atoms with Crippen molar-refractivity contribution in [2.75, 3.05) is 0 Å². The van der Waals surface area contributed by atoms with Crippen LogP contribution in [0.15, 0.2) is 18.5 Å². The molecule has 0 saturated heterocycles. The lowest BCUT2D eigenvalue weighted by Gasteiger charge is -2.25. The monoisotopic (exact) mass is 225 g/mol. The first-order valence-electron chi connectivity index (χ1n) is 5.56. The van der Waals surface area contributed by atoms with Crippen LogP contribution in [0.1, 0.15) is 44.7 Å². The second-order valence-electron chi connectivity index (χ2n) is 4.77. The van der Waals surface area contributed by atoms with Crippen LogP contribution in [-0.2, 0) is 5.88 Å². The van der Waals surface area contributed by atoms with E-state index < -0.39 is 0 Å². The van der Waals surface area contributed by atoms with E-state index in [4.69, 9.17) is 11.6 Å². The number of hydrogen-bond acceptors (Lipinski definition) is 1. The third kappa shape index (κ3) is 3.20. The molecular weight excluding hydrogens is 206 g/mol. The van der Waals surface area contributed by atoms with Gasteiger partial charge in [0, 0.05) is 18.3 Å². The Hall–Kier alpha value is -0.560. The number of rotatable bonds is 4. The van der Waals surface area contributed by atoms with Gasteiger partial charge in [0.15, 0.2) is 0 Å². The third-order valence-corrected chi connectivity index (χ3v) is 3.10. The number of alkyl halides is 1. The molecule has 1 nitrogen and oxygen atoms in total. The zero-order valence-electron chi connectivity index (χ0n) is 10.00. The molecule has 0 radical (unpaired) electrons. The van der Waals surface area contributed by atoms with Crippen LogP contribution in [0, 0.1) is 11.8 Å². The van der Waals surface area contributed by atoms with Gasteiger partial charge in [0.25, 0.3) is 0 Å². The Morgan fingerprint density at radius 2 is 1.73 bits per heavy atom. The molecule has 0 fully saturated rings. The van der Waals surface area contributed by atoms with E-state index in [2.05, 4.69) is 38.7 Å². The molecule has 1 aromatic heterocycles. The van der Waals surface area contributed by atoms with Crippen LogP contribution in [0.5, 0.6) is 0 Å². The zero-order chi connectivity index (χ0) is 11.4. The maximum absolute atomic E-state index is 5.82. The number of halogens is 1. The second-order valence-corrected chi connectivity index (χ2v) is 5.04. The average Bonchev–Trinajstić information content (AvgIpc) is 2.17. The molecule has 0 aliphatic heterocycles. The predicted octanol–water partition coefficient (Wildman–Crippen LogP) is 4.22. The number of hydrogen-bond donors (Lipinski definition) is 0. The lowest BCUT2D eigenvalue weighted by atomic mass is 9.80. The highest BCUT2D eigenvalue weighted by Gasteiger charge is 2.19. The Balaban J connectivity index is 3.00. The van der Waals surface area contributed by atoms with Crippen molar-refractivity contribution >= 4 is 11.6 Å². The van der Waals surface area contributed by atoms with Crippen molar-refractivity contribution < 1.29 is 0 Å². The maximum Gasteiger partial charge on any atom is 0.0489 e. The highest BCUT2D eigenvalue weighted by molar-refractivity contribution is 6.17. The summed E-state index contributed by atoms with van der Waals surface area (Å²) in [7, 11) is 0. The van der Waals surface area contributed by atoms with Gasteiger partial charge in [-0.25, -0.2) is 0 Å². The first-order valence-corrected chi connectivity index (χ1v) is 6.09. The molecule has 1 heterocycles. The van der Waals surface area contributed by atoms with Crippen LogP contribution in [0.3, 0.4) is 0 Å². The average molecular weight is 226 g/mol. The topological polar surface area (TPSA) is 12.9 Å². The van der Waals surface area contributed by atoms with Crippen molar-refractivity contribution in [1.82, 2.24) is 4.98 Å². The molecule has 0 amide bonds. The minimum absolute atomic E-state index is 0.545. The summed E-state index contributed by atoms with van der Waals surface area (Å²) >= 11 is 5.82. The van der Waals surface area contributed by atoms with Crippen molar-refractivity contribution in [2.24, 2.45) is 11.8 Å². The van der Waals surface area contributed by atoms with Crippen LogP contribution >= 0.6 is 11.6 Å². The Bertz CT molecular complexity index is 299. The second kappa shape index (κ2) is 5.50. The smallest absolute Gasteiger partial charge is 0.0489 e. The molecule has 0 N–H and O–H groups in total. The first kappa shape index (κ1) is 12.5. The first-order chi connectivity index (χ1) is 7.06. The molecule has 0 aliphatic rings. The number of nitrogens with zero attached hydrogens (tertiary/aromatic N) is 1. The molecule has 2 heteroatoms. The minimum atomic E-state index is 0.545. The van der Waals surface area contributed by atoms with E-state index in [1.165, 1.54) is 5.56 Å². The summed E-state index contributed by atoms with van der Waals surface area (Å²) in [5.41, 5.74) is 2.43. The van der Waals surface area contributed by atoms with Gasteiger partial charge in [-0.05, 0) is 28.9 Å². The van der Waals surface area contributed by atoms with Gasteiger partial charge >= 0.3 is 0 Å². The van der Waals surface area contributed by atoms with Crippen LogP contribution in [0.4, 0.5) is 0 Å². The fourth-order valence-electron chi connectivity index (χ4n) is 2.30. The van der Waals surface area contributed by atoms with Gasteiger partial charge < -0.3 is 0 Å². The Kier molecular flexibility index (Phi) is 4.59. The summed E-state index contributed by atoms with van der Waals surface area (Å²) < 4.78 is 0. The SMILES string of the molecule is CC(C)C(c1cncc(CCl)c1)C(C)C. The largest absolute Gasteiger partial charge is 0.264 e. The van der Waals surface area contributed by atoms with Gasteiger partial charge in [0.2, 0.25) is 0 Å². The molecule has 1 aromatic rings. The van der Waals surface area contributed by atoms with Gasteiger partial charge in [-0.3, -0.25) is 4.98 Å². The summed E-state index contributed by atoms with van der Waals surface area (Å²) in [5.74, 6) is 2.39. The Morgan fingerprint density at radius 1 is 1.13 bits per heavy atom. The van der Waals surface area contributed by atoms with E-state index in [9.17, 15) is 0 Å². The van der Waals surface area contributed by atoms with Crippen LogP contribution in [0.2, 0.25) is 0 Å². The fourth-order valence-corrected chi connectivity index (χ4v) is 2.45. The van der Waals surface area contributed by atoms with Gasteiger partial charge in [0.05, 0.1) is 0 Å². The molecular formula is C13H20ClN. The molecule has 0 unspecified atom stereocenters. The van der Waals surface area contributed by atoms with E-state index in [0.717, 1.165) is 5.56 Å². The maximum atomic E-state index is 5.82. The lowest BCUT2D eigenvalue weighted by Crippen LogP contribution is -2.13. The standard InChI is InChI=1S/C13H20ClN/c1-9(2)13(10(3)4)12-5-11(6-14)7-15-8-12/h5,7-10,13H,6H2,1-4H3. The predicted molar refractivity (Wildman–Crippen MR) is 66.2 cm³/mol. The summed E-state index contributed by atoms with van der Waals surface area (Å²) in [5, 5.41) is 0. The molecule has 15 heavy (non-hydrogen) atoms. The third-order valence-electron chi connectivity index (χ3n) is 2.79. The van der Waals surface area contributed by atoms with Crippen molar-refractivity contribution in [1.29, 1.82) is 0 Å². The molecule has 0 spiro atoms. The lowest BCUT2D eigenvalue weighted by molar-refractivity contribution is 0.387. The summed E-state index contributed by atoms with van der Waals surface area (Å²) in [4.78, 5) is 4.26. The van der Waals surface area contributed by atoms with Gasteiger partial charge in [-0.2, -0.15) is 0 Å². The van der Waals surface area contributed by atoms with Gasteiger partial charge in [0.1, 0.15) is 0 Å². The van der Waals surface area contributed by atoms with E-state index >= 15 is 0 Å². The van der Waals surface area contributed by atoms with E-state index in [1.807, 2.05) is 12.4 Å². The van der Waals surface area contributed by atoms with Gasteiger partial charge in [-0.1, -0.05) is 33.8 Å². The summed E-state index contributed by atoms with van der Waals surface area (Å²) in [6.07, 6.45) is 3.81. The van der Waals surface area contributed by atoms with E-state index in [0.29, 0.717) is 23.6 Å². The van der Waals surface area contributed by atoms with Crippen molar-refractivity contribution in [3.63, 3.8) is 0 Å². The van der Waals surface area contributed by atoms with E-state index in [1.54, 1.807) is 0 Å². The summed E-state index contributed by atoms with van der Waals surface area (Å²) in [6.45, 7) is 9.05. The van der Waals surface area contributed by atoms with Crippen LogP contribution < -0.4 is 0 Å². The molecule has 84 valence electrons. The number of aromatic nitrogens is 1. The Labute approximate surface area is 97.9 Å². The molecule has 0 aliphatic carbocycles. The van der Waals surface area contributed by atoms with E-state index in [-0.39, 0.29) is 0 Å². The Morgan fingerprint density at radius 3 is 2.20 bits per heavy atom. The van der Waals surface area contributed by atoms with Crippen LogP contribution in [-0.4, -0.2) is 4.98 Å². The molecule has 0 saturated carbocycles. The number of pyridine rings is 1. The minimum Gasteiger partial charge on any atom is -0.264 e. The summed E-state index contributed by atoms with van der Waals surface area (Å²) in [6, 6.07) is 2.19.